The van der Waals surface area contributed by atoms with Gasteiger partial charge < -0.3 is 0 Å². The van der Waals surface area contributed by atoms with Crippen LogP contribution in [0.3, 0.4) is 0 Å². The molecule has 0 N–H and O–H groups in total. The number of hydrogen-bond donors (Lipinski definition) is 0. The van der Waals surface area contributed by atoms with Gasteiger partial charge in [-0.2, -0.15) is 0 Å². The predicted octanol–water partition coefficient (Wildman–Crippen LogP) is 5.86. The minimum Gasteiger partial charge on any atom is -0.257 e. The zero-order chi connectivity index (χ0) is 19.5. The standard InChI is InChI=1S/C26H21N3/c1-2-8-19(9-3-1)26(21-13-12-20(18-21)22-10-4-6-16-27-22)25-15-14-24(29-25)23-11-5-7-17-28-23/h1-14,16-17,26H,15,18H2. The topological polar surface area (TPSA) is 38.1 Å². The lowest BCUT2D eigenvalue weighted by molar-refractivity contribution is 0.988. The Morgan fingerprint density at radius 2 is 1.45 bits per heavy atom. The van der Waals surface area contributed by atoms with Crippen molar-refractivity contribution in [2.24, 2.45) is 4.99 Å². The minimum absolute atomic E-state index is 0.172. The summed E-state index contributed by atoms with van der Waals surface area (Å²) in [7, 11) is 0. The monoisotopic (exact) mass is 375 g/mol. The van der Waals surface area contributed by atoms with Crippen LogP contribution in [0.5, 0.6) is 0 Å². The van der Waals surface area contributed by atoms with E-state index in [1.165, 1.54) is 22.4 Å². The maximum atomic E-state index is 5.01. The van der Waals surface area contributed by atoms with Gasteiger partial charge >= 0.3 is 0 Å². The normalized spacial score (nSPS) is 16.7. The first-order valence-electron chi connectivity index (χ1n) is 9.93. The molecular weight excluding hydrogens is 354 g/mol. The molecule has 0 saturated carbocycles. The van der Waals surface area contributed by atoms with E-state index < -0.39 is 0 Å². The minimum atomic E-state index is 0.172. The maximum Gasteiger partial charge on any atom is 0.0882 e. The third-order valence-corrected chi connectivity index (χ3v) is 5.42. The van der Waals surface area contributed by atoms with Gasteiger partial charge in [-0.15, -0.1) is 0 Å². The molecule has 0 spiro atoms. The molecule has 1 aromatic carbocycles. The number of rotatable bonds is 5. The van der Waals surface area contributed by atoms with Crippen molar-refractivity contribution < 1.29 is 0 Å². The van der Waals surface area contributed by atoms with Crippen molar-refractivity contribution in [3.8, 4) is 0 Å². The molecule has 1 unspecified atom stereocenters. The molecule has 0 bridgehead atoms. The van der Waals surface area contributed by atoms with Gasteiger partial charge in [-0.05, 0) is 41.8 Å². The number of aliphatic imine (C=N–C) groups is 1. The number of benzene rings is 1. The first-order valence-corrected chi connectivity index (χ1v) is 9.93. The first-order chi connectivity index (χ1) is 14.4. The SMILES string of the molecule is C1=C(c2ccccn2)CC(C(C2=NC(c3ccccn3)=CC2)c2ccccc2)=C1. The van der Waals surface area contributed by atoms with Crippen LogP contribution in [0.25, 0.3) is 11.3 Å². The van der Waals surface area contributed by atoms with Crippen LogP contribution in [-0.4, -0.2) is 15.7 Å². The van der Waals surface area contributed by atoms with Gasteiger partial charge in [-0.3, -0.25) is 15.0 Å². The maximum absolute atomic E-state index is 5.01. The van der Waals surface area contributed by atoms with Crippen molar-refractivity contribution in [3.63, 3.8) is 0 Å². The summed E-state index contributed by atoms with van der Waals surface area (Å²) < 4.78 is 0. The van der Waals surface area contributed by atoms with E-state index >= 15 is 0 Å². The van der Waals surface area contributed by atoms with Crippen molar-refractivity contribution >= 4 is 17.0 Å². The zero-order valence-electron chi connectivity index (χ0n) is 16.1. The summed E-state index contributed by atoms with van der Waals surface area (Å²) in [5.41, 5.74) is 8.04. The Morgan fingerprint density at radius 1 is 0.724 bits per heavy atom. The Kier molecular flexibility index (Phi) is 4.71. The fourth-order valence-corrected chi connectivity index (χ4v) is 4.04. The predicted molar refractivity (Wildman–Crippen MR) is 118 cm³/mol. The van der Waals surface area contributed by atoms with Crippen LogP contribution in [0.1, 0.15) is 35.7 Å². The van der Waals surface area contributed by atoms with Crippen molar-refractivity contribution in [2.75, 3.05) is 0 Å². The van der Waals surface area contributed by atoms with E-state index in [2.05, 4.69) is 64.6 Å². The molecule has 3 heterocycles. The Labute approximate surface area is 170 Å². The average Bonchev–Trinajstić information content (AvgIpc) is 3.47. The quantitative estimate of drug-likeness (QED) is 0.560. The molecule has 3 nitrogen and oxygen atoms in total. The molecule has 1 aliphatic heterocycles. The molecule has 2 aromatic heterocycles. The molecule has 0 fully saturated rings. The highest BCUT2D eigenvalue weighted by Crippen LogP contribution is 2.39. The van der Waals surface area contributed by atoms with Crippen LogP contribution in [-0.2, 0) is 0 Å². The fourth-order valence-electron chi connectivity index (χ4n) is 4.04. The molecule has 1 atom stereocenters. The molecule has 0 amide bonds. The Balaban J connectivity index is 1.45. The van der Waals surface area contributed by atoms with E-state index in [1.54, 1.807) is 0 Å². The second-order valence-corrected chi connectivity index (χ2v) is 7.28. The van der Waals surface area contributed by atoms with Crippen LogP contribution in [0, 0.1) is 0 Å². The number of allylic oxidation sites excluding steroid dienone is 5. The Morgan fingerprint density at radius 3 is 2.17 bits per heavy atom. The summed E-state index contributed by atoms with van der Waals surface area (Å²) in [4.78, 5) is 14.0. The molecule has 1 aliphatic carbocycles. The fraction of sp³-hybridized carbons (Fsp3) is 0.115. The number of hydrogen-bond acceptors (Lipinski definition) is 3. The number of pyridine rings is 2. The first kappa shape index (κ1) is 17.5. The van der Waals surface area contributed by atoms with E-state index in [1.807, 2.05) is 42.7 Å². The van der Waals surface area contributed by atoms with E-state index in [0.717, 1.165) is 29.9 Å². The molecule has 2 aliphatic rings. The second-order valence-electron chi connectivity index (χ2n) is 7.28. The van der Waals surface area contributed by atoms with Gasteiger partial charge in [0.1, 0.15) is 0 Å². The van der Waals surface area contributed by atoms with E-state index in [9.17, 15) is 0 Å². The molecule has 3 heteroatoms. The Bertz CT molecular complexity index is 1120. The zero-order valence-corrected chi connectivity index (χ0v) is 16.1. The lowest BCUT2D eigenvalue weighted by atomic mass is 9.84. The highest BCUT2D eigenvalue weighted by molar-refractivity contribution is 6.02. The second kappa shape index (κ2) is 7.80. The van der Waals surface area contributed by atoms with Crippen LogP contribution in [0.2, 0.25) is 0 Å². The summed E-state index contributed by atoms with van der Waals surface area (Å²) in [6, 6.07) is 22.7. The number of aromatic nitrogens is 2. The summed E-state index contributed by atoms with van der Waals surface area (Å²) in [6.07, 6.45) is 12.1. The molecule has 29 heavy (non-hydrogen) atoms. The van der Waals surface area contributed by atoms with Gasteiger partial charge in [0.05, 0.1) is 17.1 Å². The van der Waals surface area contributed by atoms with E-state index in [-0.39, 0.29) is 5.92 Å². The molecule has 0 saturated heterocycles. The third-order valence-electron chi connectivity index (χ3n) is 5.42. The summed E-state index contributed by atoms with van der Waals surface area (Å²) >= 11 is 0. The van der Waals surface area contributed by atoms with E-state index in [4.69, 9.17) is 4.99 Å². The largest absolute Gasteiger partial charge is 0.257 e. The van der Waals surface area contributed by atoms with Gasteiger partial charge in [0.2, 0.25) is 0 Å². The van der Waals surface area contributed by atoms with E-state index in [0.29, 0.717) is 0 Å². The lowest BCUT2D eigenvalue weighted by Crippen LogP contribution is -2.13. The lowest BCUT2D eigenvalue weighted by Gasteiger charge is -2.20. The van der Waals surface area contributed by atoms with Crippen molar-refractivity contribution in [2.45, 2.75) is 18.8 Å². The molecule has 5 rings (SSSR count). The van der Waals surface area contributed by atoms with Crippen molar-refractivity contribution in [1.29, 1.82) is 0 Å². The van der Waals surface area contributed by atoms with Gasteiger partial charge in [-0.25, -0.2) is 0 Å². The molecular formula is C26H21N3. The summed E-state index contributed by atoms with van der Waals surface area (Å²) in [5, 5.41) is 0. The van der Waals surface area contributed by atoms with Crippen molar-refractivity contribution in [1.82, 2.24) is 9.97 Å². The Hall–Kier alpha value is -3.59. The number of nitrogens with zero attached hydrogens (tertiary/aromatic N) is 3. The van der Waals surface area contributed by atoms with Crippen LogP contribution >= 0.6 is 0 Å². The van der Waals surface area contributed by atoms with Gasteiger partial charge in [0, 0.05) is 30.4 Å². The van der Waals surface area contributed by atoms with Crippen molar-refractivity contribution in [3.05, 3.63) is 120 Å². The molecule has 0 radical (unpaired) electrons. The molecule has 3 aromatic rings. The van der Waals surface area contributed by atoms with Crippen LogP contribution in [0.15, 0.2) is 108 Å². The highest BCUT2D eigenvalue weighted by atomic mass is 14.8. The van der Waals surface area contributed by atoms with Crippen LogP contribution in [0.4, 0.5) is 0 Å². The third kappa shape index (κ3) is 3.59. The summed E-state index contributed by atoms with van der Waals surface area (Å²) in [6.45, 7) is 0. The van der Waals surface area contributed by atoms with Gasteiger partial charge in [0.15, 0.2) is 0 Å². The summed E-state index contributed by atoms with van der Waals surface area (Å²) in [5.74, 6) is 0.172. The molecule has 140 valence electrons. The highest BCUT2D eigenvalue weighted by Gasteiger charge is 2.27. The smallest absolute Gasteiger partial charge is 0.0882 e. The average molecular weight is 375 g/mol. The van der Waals surface area contributed by atoms with Crippen LogP contribution < -0.4 is 0 Å². The van der Waals surface area contributed by atoms with Gasteiger partial charge in [-0.1, -0.05) is 66.3 Å². The van der Waals surface area contributed by atoms with Gasteiger partial charge in [0.25, 0.3) is 0 Å².